The molecule has 0 heterocycles. The summed E-state index contributed by atoms with van der Waals surface area (Å²) in [6.45, 7) is 5.71. The van der Waals surface area contributed by atoms with Gasteiger partial charge in [-0.3, -0.25) is 0 Å². The first-order valence-corrected chi connectivity index (χ1v) is 5.44. The quantitative estimate of drug-likeness (QED) is 0.672. The lowest BCUT2D eigenvalue weighted by atomic mass is 10.1. The molecule has 0 aliphatic heterocycles. The topological polar surface area (TPSA) is 9.23 Å². The van der Waals surface area contributed by atoms with Gasteiger partial charge in [0.2, 0.25) is 0 Å². The highest BCUT2D eigenvalue weighted by atomic mass is 35.5. The largest absolute Gasteiger partial charge is 0.377 e. The van der Waals surface area contributed by atoms with Crippen LogP contribution in [-0.4, -0.2) is 6.61 Å². The van der Waals surface area contributed by atoms with E-state index in [2.05, 4.69) is 13.0 Å². The fourth-order valence-corrected chi connectivity index (χ4v) is 1.64. The molecule has 2 heteroatoms. The Bertz CT molecular complexity index is 263. The molecule has 1 nitrogen and oxygen atoms in total. The van der Waals surface area contributed by atoms with Gasteiger partial charge in [-0.1, -0.05) is 31.0 Å². The molecule has 0 bridgehead atoms. The van der Waals surface area contributed by atoms with Crippen LogP contribution in [0.15, 0.2) is 18.2 Å². The molecule has 0 amide bonds. The minimum Gasteiger partial charge on any atom is -0.377 e. The van der Waals surface area contributed by atoms with Crippen LogP contribution in [0, 0.1) is 6.92 Å². The average molecular weight is 213 g/mol. The van der Waals surface area contributed by atoms with Crippen molar-refractivity contribution < 1.29 is 4.74 Å². The van der Waals surface area contributed by atoms with Gasteiger partial charge in [0.05, 0.1) is 6.61 Å². The molecule has 0 aliphatic rings. The van der Waals surface area contributed by atoms with E-state index in [4.69, 9.17) is 16.3 Å². The fourth-order valence-electron chi connectivity index (χ4n) is 1.33. The van der Waals surface area contributed by atoms with Gasteiger partial charge in [0.25, 0.3) is 0 Å². The van der Waals surface area contributed by atoms with Gasteiger partial charge in [0.15, 0.2) is 0 Å². The Balaban J connectivity index is 2.42. The first kappa shape index (κ1) is 11.5. The molecule has 0 unspecified atom stereocenters. The number of halogens is 1. The second kappa shape index (κ2) is 6.05. The maximum Gasteiger partial charge on any atom is 0.0717 e. The summed E-state index contributed by atoms with van der Waals surface area (Å²) >= 11 is 5.93. The van der Waals surface area contributed by atoms with Gasteiger partial charge in [0.1, 0.15) is 0 Å². The Labute approximate surface area is 91.0 Å². The lowest BCUT2D eigenvalue weighted by Crippen LogP contribution is -1.95. The van der Waals surface area contributed by atoms with Crippen LogP contribution in [0.5, 0.6) is 0 Å². The van der Waals surface area contributed by atoms with E-state index < -0.39 is 0 Å². The van der Waals surface area contributed by atoms with Gasteiger partial charge < -0.3 is 4.74 Å². The summed E-state index contributed by atoms with van der Waals surface area (Å²) < 4.78 is 5.51. The third kappa shape index (κ3) is 4.12. The van der Waals surface area contributed by atoms with Crippen molar-refractivity contribution in [2.45, 2.75) is 33.3 Å². The van der Waals surface area contributed by atoms with E-state index in [1.807, 2.05) is 19.1 Å². The molecule has 1 aromatic carbocycles. The predicted octanol–water partition coefficient (Wildman–Crippen LogP) is 3.97. The van der Waals surface area contributed by atoms with Gasteiger partial charge in [-0.05, 0) is 36.6 Å². The van der Waals surface area contributed by atoms with Crippen LogP contribution in [0.3, 0.4) is 0 Å². The summed E-state index contributed by atoms with van der Waals surface area (Å²) in [7, 11) is 0. The number of unbranched alkanes of at least 4 members (excludes halogenated alkanes) is 1. The highest BCUT2D eigenvalue weighted by Crippen LogP contribution is 2.15. The Morgan fingerprint density at radius 2 is 2.07 bits per heavy atom. The number of hydrogen-bond acceptors (Lipinski definition) is 1. The zero-order valence-electron chi connectivity index (χ0n) is 8.85. The zero-order valence-corrected chi connectivity index (χ0v) is 9.60. The predicted molar refractivity (Wildman–Crippen MR) is 60.8 cm³/mol. The van der Waals surface area contributed by atoms with Gasteiger partial charge >= 0.3 is 0 Å². The molecular weight excluding hydrogens is 196 g/mol. The third-order valence-electron chi connectivity index (χ3n) is 2.01. The summed E-state index contributed by atoms with van der Waals surface area (Å²) in [5, 5.41) is 0.791. The molecule has 0 saturated heterocycles. The van der Waals surface area contributed by atoms with E-state index in [0.29, 0.717) is 6.61 Å². The summed E-state index contributed by atoms with van der Waals surface area (Å²) in [4.78, 5) is 0. The van der Waals surface area contributed by atoms with Crippen LogP contribution in [0.4, 0.5) is 0 Å². The van der Waals surface area contributed by atoms with Gasteiger partial charge in [0, 0.05) is 11.6 Å². The van der Waals surface area contributed by atoms with E-state index >= 15 is 0 Å². The van der Waals surface area contributed by atoms with E-state index in [0.717, 1.165) is 23.6 Å². The molecule has 0 N–H and O–H groups in total. The van der Waals surface area contributed by atoms with Gasteiger partial charge in [-0.15, -0.1) is 0 Å². The number of hydrogen-bond donors (Lipinski definition) is 0. The summed E-state index contributed by atoms with van der Waals surface area (Å²) in [5.41, 5.74) is 2.35. The smallest absolute Gasteiger partial charge is 0.0717 e. The zero-order chi connectivity index (χ0) is 10.4. The minimum absolute atomic E-state index is 0.668. The molecule has 78 valence electrons. The number of rotatable bonds is 5. The Kier molecular flexibility index (Phi) is 4.99. The molecule has 1 rings (SSSR count). The highest BCUT2D eigenvalue weighted by Gasteiger charge is 1.96. The first-order valence-electron chi connectivity index (χ1n) is 5.06. The standard InChI is InChI=1S/C12H17ClO/c1-3-4-5-14-9-11-6-10(2)7-12(13)8-11/h6-8H,3-5,9H2,1-2H3. The summed E-state index contributed by atoms with van der Waals surface area (Å²) in [5.74, 6) is 0. The van der Waals surface area contributed by atoms with Crippen molar-refractivity contribution in [3.63, 3.8) is 0 Å². The van der Waals surface area contributed by atoms with Crippen LogP contribution < -0.4 is 0 Å². The molecule has 0 radical (unpaired) electrons. The average Bonchev–Trinajstić information content (AvgIpc) is 2.11. The van der Waals surface area contributed by atoms with Crippen molar-refractivity contribution >= 4 is 11.6 Å². The van der Waals surface area contributed by atoms with E-state index in [1.54, 1.807) is 0 Å². The van der Waals surface area contributed by atoms with Crippen LogP contribution in [0.25, 0.3) is 0 Å². The van der Waals surface area contributed by atoms with Crippen molar-refractivity contribution in [2.75, 3.05) is 6.61 Å². The summed E-state index contributed by atoms with van der Waals surface area (Å²) in [6, 6.07) is 6.02. The van der Waals surface area contributed by atoms with E-state index in [9.17, 15) is 0 Å². The third-order valence-corrected chi connectivity index (χ3v) is 2.23. The van der Waals surface area contributed by atoms with Crippen LogP contribution in [0.2, 0.25) is 5.02 Å². The van der Waals surface area contributed by atoms with Crippen molar-refractivity contribution in [3.05, 3.63) is 34.3 Å². The molecule has 0 spiro atoms. The van der Waals surface area contributed by atoms with Crippen LogP contribution >= 0.6 is 11.6 Å². The fraction of sp³-hybridized carbons (Fsp3) is 0.500. The second-order valence-corrected chi connectivity index (χ2v) is 3.98. The van der Waals surface area contributed by atoms with E-state index in [-0.39, 0.29) is 0 Å². The van der Waals surface area contributed by atoms with E-state index in [1.165, 1.54) is 12.0 Å². The minimum atomic E-state index is 0.668. The molecule has 0 saturated carbocycles. The molecular formula is C12H17ClO. The summed E-state index contributed by atoms with van der Waals surface area (Å²) in [6.07, 6.45) is 2.30. The molecule has 0 aliphatic carbocycles. The molecule has 0 fully saturated rings. The van der Waals surface area contributed by atoms with Crippen molar-refractivity contribution in [2.24, 2.45) is 0 Å². The van der Waals surface area contributed by atoms with Crippen molar-refractivity contribution in [1.82, 2.24) is 0 Å². The molecule has 14 heavy (non-hydrogen) atoms. The van der Waals surface area contributed by atoms with Gasteiger partial charge in [-0.25, -0.2) is 0 Å². The monoisotopic (exact) mass is 212 g/mol. The molecule has 0 atom stereocenters. The van der Waals surface area contributed by atoms with Crippen molar-refractivity contribution in [1.29, 1.82) is 0 Å². The normalized spacial score (nSPS) is 10.5. The van der Waals surface area contributed by atoms with Crippen LogP contribution in [0.1, 0.15) is 30.9 Å². The highest BCUT2D eigenvalue weighted by molar-refractivity contribution is 6.30. The molecule has 0 aromatic heterocycles. The number of aryl methyl sites for hydroxylation is 1. The number of benzene rings is 1. The maximum atomic E-state index is 5.93. The Morgan fingerprint density at radius 3 is 2.71 bits per heavy atom. The maximum absolute atomic E-state index is 5.93. The van der Waals surface area contributed by atoms with Crippen molar-refractivity contribution in [3.8, 4) is 0 Å². The number of ether oxygens (including phenoxy) is 1. The lowest BCUT2D eigenvalue weighted by Gasteiger charge is -2.05. The van der Waals surface area contributed by atoms with Gasteiger partial charge in [-0.2, -0.15) is 0 Å². The lowest BCUT2D eigenvalue weighted by molar-refractivity contribution is 0.118. The molecule has 1 aromatic rings. The Morgan fingerprint density at radius 1 is 1.29 bits per heavy atom. The first-order chi connectivity index (χ1) is 6.72. The van der Waals surface area contributed by atoms with Crippen LogP contribution in [-0.2, 0) is 11.3 Å². The second-order valence-electron chi connectivity index (χ2n) is 3.54. The SMILES string of the molecule is CCCCOCc1cc(C)cc(Cl)c1. The Hall–Kier alpha value is -0.530.